The van der Waals surface area contributed by atoms with Gasteiger partial charge in [0.2, 0.25) is 18.2 Å². The number of nitrogens with zero attached hydrogens (tertiary/aromatic N) is 4. The highest BCUT2D eigenvalue weighted by atomic mass is 16.2. The summed E-state index contributed by atoms with van der Waals surface area (Å²) in [4.78, 5) is 39.2. The van der Waals surface area contributed by atoms with E-state index in [0.29, 0.717) is 13.1 Å². The van der Waals surface area contributed by atoms with Crippen LogP contribution in [0.5, 0.6) is 0 Å². The standard InChI is InChI=1S/C18H24N4O3/c1-19-12-18(25)21-13-17(24)20(11-16(21)22(19)14-23)10-6-5-9-15-7-3-2-4-8-15/h2-4,7-8,14,16H,5-6,9-13H2,1H3. The van der Waals surface area contributed by atoms with Crippen LogP contribution in [0, 0.1) is 0 Å². The Kier molecular flexibility index (Phi) is 5.33. The number of carbonyl (C=O) groups is 3. The normalized spacial score (nSPS) is 21.5. The predicted octanol–water partition coefficient (Wildman–Crippen LogP) is 0.325. The van der Waals surface area contributed by atoms with Gasteiger partial charge in [-0.25, -0.2) is 5.01 Å². The quantitative estimate of drug-likeness (QED) is 0.551. The molecule has 2 heterocycles. The van der Waals surface area contributed by atoms with Crippen LogP contribution in [0.15, 0.2) is 30.3 Å². The molecule has 0 radical (unpaired) electrons. The van der Waals surface area contributed by atoms with Crippen molar-refractivity contribution in [2.45, 2.75) is 25.4 Å². The molecule has 3 rings (SSSR count). The van der Waals surface area contributed by atoms with Crippen molar-refractivity contribution in [3.8, 4) is 0 Å². The number of hydrazine groups is 1. The van der Waals surface area contributed by atoms with Crippen molar-refractivity contribution in [1.82, 2.24) is 19.8 Å². The van der Waals surface area contributed by atoms with Gasteiger partial charge in [-0.1, -0.05) is 30.3 Å². The first-order valence-corrected chi connectivity index (χ1v) is 8.66. The lowest BCUT2D eigenvalue weighted by molar-refractivity contribution is -0.188. The number of aryl methyl sites for hydroxylation is 1. The second kappa shape index (κ2) is 7.65. The van der Waals surface area contributed by atoms with E-state index in [0.717, 1.165) is 25.7 Å². The predicted molar refractivity (Wildman–Crippen MR) is 92.0 cm³/mol. The van der Waals surface area contributed by atoms with Crippen molar-refractivity contribution in [2.75, 3.05) is 33.2 Å². The number of benzene rings is 1. The molecule has 1 aromatic rings. The lowest BCUT2D eigenvalue weighted by atomic mass is 10.1. The summed E-state index contributed by atoms with van der Waals surface area (Å²) in [5.74, 6) is -0.151. The number of piperazine rings is 1. The molecule has 1 atom stereocenters. The number of fused-ring (bicyclic) bond motifs is 1. The van der Waals surface area contributed by atoms with Gasteiger partial charge in [0, 0.05) is 13.6 Å². The van der Waals surface area contributed by atoms with E-state index >= 15 is 0 Å². The van der Waals surface area contributed by atoms with Crippen molar-refractivity contribution >= 4 is 18.2 Å². The molecular formula is C18H24N4O3. The van der Waals surface area contributed by atoms with Gasteiger partial charge < -0.3 is 9.80 Å². The van der Waals surface area contributed by atoms with Gasteiger partial charge in [0.25, 0.3) is 0 Å². The van der Waals surface area contributed by atoms with Gasteiger partial charge in [-0.2, -0.15) is 0 Å². The molecule has 0 spiro atoms. The van der Waals surface area contributed by atoms with E-state index in [1.54, 1.807) is 17.0 Å². The Morgan fingerprint density at radius 3 is 2.56 bits per heavy atom. The molecule has 134 valence electrons. The summed E-state index contributed by atoms with van der Waals surface area (Å²) in [5.41, 5.74) is 1.30. The molecule has 0 aliphatic carbocycles. The Morgan fingerprint density at radius 2 is 1.84 bits per heavy atom. The third-order valence-corrected chi connectivity index (χ3v) is 4.88. The maximum Gasteiger partial charge on any atom is 0.242 e. The molecule has 0 aromatic heterocycles. The fourth-order valence-corrected chi connectivity index (χ4v) is 3.47. The second-order valence-electron chi connectivity index (χ2n) is 6.59. The van der Waals surface area contributed by atoms with Crippen LogP contribution in [-0.4, -0.2) is 77.4 Å². The number of likely N-dealkylation sites (N-methyl/N-ethyl adjacent to an activating group) is 1. The number of carbonyl (C=O) groups excluding carboxylic acids is 3. The minimum absolute atomic E-state index is 0.0419. The minimum Gasteiger partial charge on any atom is -0.337 e. The highest BCUT2D eigenvalue weighted by molar-refractivity contribution is 5.88. The average molecular weight is 344 g/mol. The van der Waals surface area contributed by atoms with Crippen molar-refractivity contribution in [1.29, 1.82) is 0 Å². The van der Waals surface area contributed by atoms with Gasteiger partial charge in [0.15, 0.2) is 0 Å². The van der Waals surface area contributed by atoms with Crippen LogP contribution in [0.2, 0.25) is 0 Å². The molecule has 2 fully saturated rings. The molecular weight excluding hydrogens is 320 g/mol. The van der Waals surface area contributed by atoms with Crippen LogP contribution in [0.1, 0.15) is 18.4 Å². The molecule has 2 saturated heterocycles. The van der Waals surface area contributed by atoms with E-state index < -0.39 is 6.17 Å². The molecule has 25 heavy (non-hydrogen) atoms. The zero-order chi connectivity index (χ0) is 17.8. The van der Waals surface area contributed by atoms with Crippen LogP contribution in [0.25, 0.3) is 0 Å². The van der Waals surface area contributed by atoms with Gasteiger partial charge in [-0.15, -0.1) is 0 Å². The summed E-state index contributed by atoms with van der Waals surface area (Å²) in [6.07, 6.45) is 3.22. The lowest BCUT2D eigenvalue weighted by Crippen LogP contribution is -2.71. The second-order valence-corrected chi connectivity index (χ2v) is 6.59. The van der Waals surface area contributed by atoms with E-state index in [2.05, 4.69) is 12.1 Å². The fraction of sp³-hybridized carbons (Fsp3) is 0.500. The molecule has 2 aliphatic rings. The Hall–Kier alpha value is -2.41. The molecule has 2 aliphatic heterocycles. The van der Waals surface area contributed by atoms with E-state index in [-0.39, 0.29) is 24.9 Å². The molecule has 7 heteroatoms. The van der Waals surface area contributed by atoms with Gasteiger partial charge >= 0.3 is 0 Å². The van der Waals surface area contributed by atoms with Crippen molar-refractivity contribution < 1.29 is 14.4 Å². The number of hydrogen-bond donors (Lipinski definition) is 0. The maximum absolute atomic E-state index is 12.3. The van der Waals surface area contributed by atoms with E-state index in [9.17, 15) is 14.4 Å². The highest BCUT2D eigenvalue weighted by Gasteiger charge is 2.42. The molecule has 0 N–H and O–H groups in total. The van der Waals surface area contributed by atoms with Crippen LogP contribution in [0.4, 0.5) is 0 Å². The third-order valence-electron chi connectivity index (χ3n) is 4.88. The lowest BCUT2D eigenvalue weighted by Gasteiger charge is -2.50. The maximum atomic E-state index is 12.3. The Morgan fingerprint density at radius 1 is 1.08 bits per heavy atom. The first-order chi connectivity index (χ1) is 12.1. The summed E-state index contributed by atoms with van der Waals surface area (Å²) < 4.78 is 0. The zero-order valence-electron chi connectivity index (χ0n) is 14.5. The number of unbranched alkanes of at least 4 members (excludes halogenated alkanes) is 1. The number of hydrogen-bond acceptors (Lipinski definition) is 4. The van der Waals surface area contributed by atoms with Crippen LogP contribution >= 0.6 is 0 Å². The van der Waals surface area contributed by atoms with E-state index in [4.69, 9.17) is 0 Å². The monoisotopic (exact) mass is 344 g/mol. The van der Waals surface area contributed by atoms with Crippen LogP contribution < -0.4 is 0 Å². The smallest absolute Gasteiger partial charge is 0.242 e. The Balaban J connectivity index is 1.55. The highest BCUT2D eigenvalue weighted by Crippen LogP contribution is 2.20. The van der Waals surface area contributed by atoms with E-state index in [1.807, 2.05) is 18.2 Å². The van der Waals surface area contributed by atoms with Gasteiger partial charge in [0.05, 0.1) is 13.1 Å². The Bertz CT molecular complexity index is 636. The SMILES string of the molecule is CN1CC(=O)N2CC(=O)N(CCCCc3ccccc3)CC2N1C=O. The van der Waals surface area contributed by atoms with Gasteiger partial charge in [0.1, 0.15) is 12.7 Å². The van der Waals surface area contributed by atoms with Gasteiger partial charge in [-0.3, -0.25) is 19.4 Å². The number of amides is 3. The van der Waals surface area contributed by atoms with Crippen molar-refractivity contribution in [3.63, 3.8) is 0 Å². The molecule has 1 unspecified atom stereocenters. The van der Waals surface area contributed by atoms with Crippen molar-refractivity contribution in [2.24, 2.45) is 0 Å². The first-order valence-electron chi connectivity index (χ1n) is 8.66. The molecule has 3 amide bonds. The van der Waals surface area contributed by atoms with Crippen LogP contribution in [-0.2, 0) is 20.8 Å². The Labute approximate surface area is 147 Å². The molecule has 0 saturated carbocycles. The number of rotatable bonds is 6. The van der Waals surface area contributed by atoms with Crippen molar-refractivity contribution in [3.05, 3.63) is 35.9 Å². The fourth-order valence-electron chi connectivity index (χ4n) is 3.47. The molecule has 1 aromatic carbocycles. The summed E-state index contributed by atoms with van der Waals surface area (Å²) in [6.45, 7) is 1.21. The largest absolute Gasteiger partial charge is 0.337 e. The minimum atomic E-state index is -0.393. The summed E-state index contributed by atoms with van der Waals surface area (Å²) in [7, 11) is 1.71. The third kappa shape index (κ3) is 3.82. The van der Waals surface area contributed by atoms with E-state index in [1.165, 1.54) is 15.5 Å². The summed E-state index contributed by atoms with van der Waals surface area (Å²) in [6, 6.07) is 10.3. The van der Waals surface area contributed by atoms with Crippen LogP contribution in [0.3, 0.4) is 0 Å². The summed E-state index contributed by atoms with van der Waals surface area (Å²) in [5, 5.41) is 3.12. The summed E-state index contributed by atoms with van der Waals surface area (Å²) >= 11 is 0. The average Bonchev–Trinajstić information content (AvgIpc) is 2.61. The molecule has 7 nitrogen and oxygen atoms in total. The topological polar surface area (TPSA) is 64.2 Å². The zero-order valence-corrected chi connectivity index (χ0v) is 14.5. The molecule has 0 bridgehead atoms. The first kappa shape index (κ1) is 17.4. The van der Waals surface area contributed by atoms with Gasteiger partial charge in [-0.05, 0) is 24.8 Å².